The van der Waals surface area contributed by atoms with Gasteiger partial charge >= 0.3 is 0 Å². The summed E-state index contributed by atoms with van der Waals surface area (Å²) < 4.78 is 11.8. The fraction of sp³-hybridized carbons (Fsp3) is 0.375. The second-order valence-electron chi connectivity index (χ2n) is 8.05. The molecular formula is C24H26Cl2N4O3S. The molecule has 1 unspecified atom stereocenters. The van der Waals surface area contributed by atoms with E-state index in [1.807, 2.05) is 6.07 Å². The van der Waals surface area contributed by atoms with Crippen molar-refractivity contribution in [3.63, 3.8) is 0 Å². The number of nitrogens with one attached hydrogen (secondary N) is 3. The predicted octanol–water partition coefficient (Wildman–Crippen LogP) is 4.64. The van der Waals surface area contributed by atoms with Crippen LogP contribution in [-0.4, -0.2) is 41.7 Å². The molecular weight excluding hydrogens is 495 g/mol. The van der Waals surface area contributed by atoms with E-state index in [-0.39, 0.29) is 17.0 Å². The van der Waals surface area contributed by atoms with Gasteiger partial charge in [-0.25, -0.2) is 0 Å². The number of benzene rings is 1. The van der Waals surface area contributed by atoms with Crippen LogP contribution in [0.3, 0.4) is 0 Å². The van der Waals surface area contributed by atoms with Gasteiger partial charge in [-0.2, -0.15) is 0 Å². The lowest BCUT2D eigenvalue weighted by atomic mass is 10.1. The van der Waals surface area contributed by atoms with Crippen LogP contribution in [0.15, 0.2) is 47.9 Å². The van der Waals surface area contributed by atoms with E-state index in [2.05, 4.69) is 20.9 Å². The molecule has 3 heterocycles. The largest absolute Gasteiger partial charge is 0.489 e. The van der Waals surface area contributed by atoms with Crippen LogP contribution in [0.1, 0.15) is 31.2 Å². The molecule has 0 saturated carbocycles. The number of nitrogens with zero attached hydrogens (tertiary/aromatic N) is 1. The number of hydrogen-bond donors (Lipinski definition) is 3. The van der Waals surface area contributed by atoms with E-state index in [0.717, 1.165) is 37.1 Å². The smallest absolute Gasteiger partial charge is 0.256 e. The number of rotatable bonds is 8. The van der Waals surface area contributed by atoms with Gasteiger partial charge in [-0.05, 0) is 37.5 Å². The molecule has 1 aromatic carbocycles. The third-order valence-electron chi connectivity index (χ3n) is 5.68. The molecule has 2 aliphatic heterocycles. The molecule has 0 bridgehead atoms. The summed E-state index contributed by atoms with van der Waals surface area (Å²) in [7, 11) is 0. The molecule has 1 aromatic heterocycles. The minimum atomic E-state index is -0.245. The van der Waals surface area contributed by atoms with Crippen LogP contribution in [0, 0.1) is 0 Å². The SMILES string of the molecule is O=C1NCCC(NCc2ccncc2OCC2CCCCO2)=C1C(=S)Nc1cccc(Cl)c1Cl. The molecule has 1 amide bonds. The lowest BCUT2D eigenvalue weighted by molar-refractivity contribution is -0.117. The summed E-state index contributed by atoms with van der Waals surface area (Å²) in [6.45, 7) is 2.24. The fourth-order valence-corrected chi connectivity index (χ4v) is 4.54. The van der Waals surface area contributed by atoms with Gasteiger partial charge in [0.1, 0.15) is 17.3 Å². The maximum Gasteiger partial charge on any atom is 0.256 e. The Morgan fingerprint density at radius 2 is 2.18 bits per heavy atom. The second kappa shape index (κ2) is 11.8. The van der Waals surface area contributed by atoms with Gasteiger partial charge in [-0.1, -0.05) is 41.5 Å². The quantitative estimate of drug-likeness (QED) is 0.437. The van der Waals surface area contributed by atoms with E-state index in [1.54, 1.807) is 30.6 Å². The third-order valence-corrected chi connectivity index (χ3v) is 6.80. The van der Waals surface area contributed by atoms with Crippen LogP contribution in [0.2, 0.25) is 10.0 Å². The van der Waals surface area contributed by atoms with Gasteiger partial charge in [0.05, 0.1) is 33.6 Å². The van der Waals surface area contributed by atoms with Crippen LogP contribution in [0.4, 0.5) is 5.69 Å². The Labute approximate surface area is 214 Å². The Morgan fingerprint density at radius 3 is 3.00 bits per heavy atom. The Kier molecular flexibility index (Phi) is 8.61. The zero-order valence-corrected chi connectivity index (χ0v) is 20.9. The molecule has 0 radical (unpaired) electrons. The molecule has 2 aliphatic rings. The molecule has 7 nitrogen and oxygen atoms in total. The van der Waals surface area contributed by atoms with Crippen LogP contribution in [-0.2, 0) is 16.1 Å². The van der Waals surface area contributed by atoms with E-state index in [9.17, 15) is 4.79 Å². The van der Waals surface area contributed by atoms with Gasteiger partial charge in [0.2, 0.25) is 0 Å². The van der Waals surface area contributed by atoms with Crippen molar-refractivity contribution in [1.29, 1.82) is 0 Å². The normalized spacial score (nSPS) is 18.3. The summed E-state index contributed by atoms with van der Waals surface area (Å²) in [4.78, 5) is 17.2. The van der Waals surface area contributed by atoms with E-state index in [1.165, 1.54) is 0 Å². The summed E-state index contributed by atoms with van der Waals surface area (Å²) in [5, 5.41) is 10.0. The van der Waals surface area contributed by atoms with Gasteiger partial charge in [0.25, 0.3) is 5.91 Å². The number of amides is 1. The molecule has 1 atom stereocenters. The first-order chi connectivity index (χ1) is 16.5. The lowest BCUT2D eigenvalue weighted by Gasteiger charge is -2.24. The summed E-state index contributed by atoms with van der Waals surface area (Å²) in [5.41, 5.74) is 2.60. The summed E-state index contributed by atoms with van der Waals surface area (Å²) in [6, 6.07) is 7.10. The van der Waals surface area contributed by atoms with Crippen molar-refractivity contribution in [3.8, 4) is 5.75 Å². The first-order valence-electron chi connectivity index (χ1n) is 11.2. The van der Waals surface area contributed by atoms with Gasteiger partial charge in [0.15, 0.2) is 0 Å². The van der Waals surface area contributed by atoms with Crippen LogP contribution in [0.25, 0.3) is 0 Å². The van der Waals surface area contributed by atoms with Crippen LogP contribution in [0.5, 0.6) is 5.75 Å². The molecule has 1 saturated heterocycles. The van der Waals surface area contributed by atoms with Gasteiger partial charge in [-0.15, -0.1) is 0 Å². The van der Waals surface area contributed by atoms with E-state index < -0.39 is 0 Å². The van der Waals surface area contributed by atoms with E-state index in [4.69, 9.17) is 44.9 Å². The Morgan fingerprint density at radius 1 is 1.29 bits per heavy atom. The highest BCUT2D eigenvalue weighted by molar-refractivity contribution is 7.81. The molecule has 1 fully saturated rings. The zero-order valence-electron chi connectivity index (χ0n) is 18.5. The standard InChI is InChI=1S/C24H26Cl2N4O3S/c25-17-5-3-6-19(22(17)26)30-24(34)21-18(8-10-28-23(21)31)29-12-15-7-9-27-13-20(15)33-14-16-4-1-2-11-32-16/h3,5-7,9,13,16,29H,1-2,4,8,10-12,14H2,(H,28,31)(H,30,34). The molecule has 0 spiro atoms. The maximum absolute atomic E-state index is 12.7. The number of carbonyl (C=O) groups excluding carboxylic acids is 1. The summed E-state index contributed by atoms with van der Waals surface area (Å²) in [6.07, 6.45) is 7.40. The second-order valence-corrected chi connectivity index (χ2v) is 9.24. The lowest BCUT2D eigenvalue weighted by Crippen LogP contribution is -2.39. The van der Waals surface area contributed by atoms with E-state index >= 15 is 0 Å². The highest BCUT2D eigenvalue weighted by Gasteiger charge is 2.25. The first-order valence-corrected chi connectivity index (χ1v) is 12.4. The number of carbonyl (C=O) groups is 1. The Hall–Kier alpha value is -2.39. The molecule has 0 aliphatic carbocycles. The van der Waals surface area contributed by atoms with Crippen LogP contribution < -0.4 is 20.7 Å². The molecule has 4 rings (SSSR count). The topological polar surface area (TPSA) is 84.5 Å². The number of anilines is 1. The van der Waals surface area contributed by atoms with Crippen molar-refractivity contribution >= 4 is 52.0 Å². The number of thiocarbonyl (C=S) groups is 1. The minimum absolute atomic E-state index is 0.105. The Balaban J connectivity index is 1.47. The van der Waals surface area contributed by atoms with Crippen molar-refractivity contribution in [2.45, 2.75) is 38.3 Å². The molecule has 2 aromatic rings. The highest BCUT2D eigenvalue weighted by atomic mass is 35.5. The highest BCUT2D eigenvalue weighted by Crippen LogP contribution is 2.30. The summed E-state index contributed by atoms with van der Waals surface area (Å²) in [5.74, 6) is 0.447. The van der Waals surface area contributed by atoms with Crippen molar-refractivity contribution in [2.24, 2.45) is 0 Å². The van der Waals surface area contributed by atoms with Gasteiger partial charge in [-0.3, -0.25) is 9.78 Å². The first kappa shape index (κ1) is 24.7. The third kappa shape index (κ3) is 6.18. The summed E-state index contributed by atoms with van der Waals surface area (Å²) >= 11 is 17.9. The number of halogens is 2. The van der Waals surface area contributed by atoms with Gasteiger partial charge in [0, 0.05) is 43.6 Å². The number of aromatic nitrogens is 1. The molecule has 10 heteroatoms. The molecule has 3 N–H and O–H groups in total. The Bertz CT molecular complexity index is 1090. The number of pyridine rings is 1. The average Bonchev–Trinajstić information content (AvgIpc) is 2.85. The minimum Gasteiger partial charge on any atom is -0.489 e. The predicted molar refractivity (Wildman–Crippen MR) is 137 cm³/mol. The fourth-order valence-electron chi connectivity index (χ4n) is 3.86. The average molecular weight is 521 g/mol. The maximum atomic E-state index is 12.7. The number of ether oxygens (including phenoxy) is 2. The van der Waals surface area contributed by atoms with Crippen molar-refractivity contribution in [1.82, 2.24) is 15.6 Å². The van der Waals surface area contributed by atoms with Crippen molar-refractivity contribution < 1.29 is 14.3 Å². The monoisotopic (exact) mass is 520 g/mol. The van der Waals surface area contributed by atoms with Crippen molar-refractivity contribution in [2.75, 3.05) is 25.1 Å². The molecule has 180 valence electrons. The van der Waals surface area contributed by atoms with E-state index in [0.29, 0.717) is 53.2 Å². The molecule has 34 heavy (non-hydrogen) atoms. The number of hydrogen-bond acceptors (Lipinski definition) is 6. The van der Waals surface area contributed by atoms with Crippen LogP contribution >= 0.6 is 35.4 Å². The van der Waals surface area contributed by atoms with Crippen molar-refractivity contribution in [3.05, 3.63) is 63.5 Å². The van der Waals surface area contributed by atoms with Gasteiger partial charge < -0.3 is 25.4 Å². The zero-order chi connectivity index (χ0) is 23.9.